The van der Waals surface area contributed by atoms with E-state index in [9.17, 15) is 9.18 Å². The minimum absolute atomic E-state index is 0.115. The summed E-state index contributed by atoms with van der Waals surface area (Å²) in [5.74, 6) is 0.0646. The summed E-state index contributed by atoms with van der Waals surface area (Å²) in [6, 6.07) is 10.7. The number of carbonyl (C=O) groups excluding carboxylic acids is 1. The first-order valence-electron chi connectivity index (χ1n) is 9.74. The average Bonchev–Trinajstić information content (AvgIpc) is 3.42. The minimum Gasteiger partial charge on any atom is -0.353 e. The topological polar surface area (TPSA) is 58.1 Å². The molecule has 2 aliphatic rings. The fraction of sp³-hybridized carbons (Fsp3) is 0.381. The first-order valence-corrected chi connectivity index (χ1v) is 10.6. The van der Waals surface area contributed by atoms with E-state index in [0.717, 1.165) is 65.5 Å². The van der Waals surface area contributed by atoms with Gasteiger partial charge in [-0.15, -0.1) is 0 Å². The lowest BCUT2D eigenvalue weighted by Crippen LogP contribution is -2.41. The SMILES string of the molecule is O=C(NC1CC1)C1CCN(c2nc3ccc(-c4cccc(F)c4)nc3s2)CC1. The maximum absolute atomic E-state index is 13.5. The Hall–Kier alpha value is -2.54. The zero-order chi connectivity index (χ0) is 19.1. The third kappa shape index (κ3) is 3.58. The van der Waals surface area contributed by atoms with Gasteiger partial charge in [0, 0.05) is 30.6 Å². The highest BCUT2D eigenvalue weighted by atomic mass is 32.1. The lowest BCUT2D eigenvalue weighted by molar-refractivity contribution is -0.125. The zero-order valence-corrected chi connectivity index (χ0v) is 16.2. The molecule has 1 amide bonds. The molecule has 0 radical (unpaired) electrons. The van der Waals surface area contributed by atoms with Gasteiger partial charge in [0.1, 0.15) is 16.2 Å². The van der Waals surface area contributed by atoms with Crippen molar-refractivity contribution in [1.82, 2.24) is 15.3 Å². The van der Waals surface area contributed by atoms with Crippen LogP contribution in [0.1, 0.15) is 25.7 Å². The lowest BCUT2D eigenvalue weighted by Gasteiger charge is -2.30. The second-order valence-electron chi connectivity index (χ2n) is 7.57. The van der Waals surface area contributed by atoms with Crippen molar-refractivity contribution in [2.24, 2.45) is 5.92 Å². The quantitative estimate of drug-likeness (QED) is 0.724. The van der Waals surface area contributed by atoms with Crippen molar-refractivity contribution in [1.29, 1.82) is 0 Å². The largest absolute Gasteiger partial charge is 0.353 e. The highest BCUT2D eigenvalue weighted by Crippen LogP contribution is 2.32. The van der Waals surface area contributed by atoms with Gasteiger partial charge in [-0.2, -0.15) is 0 Å². The molecule has 0 atom stereocenters. The van der Waals surface area contributed by atoms with Crippen LogP contribution >= 0.6 is 11.3 Å². The Bertz CT molecular complexity index is 1020. The van der Waals surface area contributed by atoms with Crippen LogP contribution in [-0.2, 0) is 4.79 Å². The van der Waals surface area contributed by atoms with Crippen molar-refractivity contribution in [3.05, 3.63) is 42.2 Å². The van der Waals surface area contributed by atoms with Crippen molar-refractivity contribution >= 4 is 32.7 Å². The summed E-state index contributed by atoms with van der Waals surface area (Å²) in [7, 11) is 0. The number of hydrogen-bond acceptors (Lipinski definition) is 5. The van der Waals surface area contributed by atoms with Gasteiger partial charge in [0.15, 0.2) is 5.13 Å². The van der Waals surface area contributed by atoms with Gasteiger partial charge < -0.3 is 10.2 Å². The number of amides is 1. The Kier molecular flexibility index (Phi) is 4.47. The molecule has 1 N–H and O–H groups in total. The predicted molar refractivity (Wildman–Crippen MR) is 109 cm³/mol. The minimum atomic E-state index is -0.266. The molecule has 1 saturated heterocycles. The maximum Gasteiger partial charge on any atom is 0.223 e. The van der Waals surface area contributed by atoms with Crippen molar-refractivity contribution in [2.75, 3.05) is 18.0 Å². The number of carbonyl (C=O) groups is 1. The molecule has 2 fully saturated rings. The average molecular weight is 396 g/mol. The van der Waals surface area contributed by atoms with E-state index in [1.54, 1.807) is 17.4 Å². The number of thiazole rings is 1. The van der Waals surface area contributed by atoms with Gasteiger partial charge >= 0.3 is 0 Å². The summed E-state index contributed by atoms with van der Waals surface area (Å²) in [6.07, 6.45) is 3.97. The summed E-state index contributed by atoms with van der Waals surface area (Å²) in [5, 5.41) is 4.06. The fourth-order valence-corrected chi connectivity index (χ4v) is 4.62. The van der Waals surface area contributed by atoms with Gasteiger partial charge in [-0.05, 0) is 49.9 Å². The second kappa shape index (κ2) is 7.13. The molecule has 1 saturated carbocycles. The lowest BCUT2D eigenvalue weighted by atomic mass is 9.96. The molecule has 3 heterocycles. The Morgan fingerprint density at radius 2 is 1.93 bits per heavy atom. The number of aromatic nitrogens is 2. The molecule has 5 rings (SSSR count). The van der Waals surface area contributed by atoms with Crippen LogP contribution in [0.25, 0.3) is 21.6 Å². The smallest absolute Gasteiger partial charge is 0.223 e. The van der Waals surface area contributed by atoms with E-state index in [-0.39, 0.29) is 17.6 Å². The molecule has 1 aromatic carbocycles. The Balaban J connectivity index is 1.31. The zero-order valence-electron chi connectivity index (χ0n) is 15.4. The summed E-state index contributed by atoms with van der Waals surface area (Å²) in [4.78, 5) is 24.8. The molecule has 0 bridgehead atoms. The van der Waals surface area contributed by atoms with Crippen molar-refractivity contribution in [3.63, 3.8) is 0 Å². The number of pyridine rings is 1. The van der Waals surface area contributed by atoms with E-state index in [0.29, 0.717) is 6.04 Å². The molecule has 5 nitrogen and oxygen atoms in total. The first kappa shape index (κ1) is 17.6. The number of piperidine rings is 1. The van der Waals surface area contributed by atoms with Crippen LogP contribution in [0.2, 0.25) is 0 Å². The highest BCUT2D eigenvalue weighted by molar-refractivity contribution is 7.21. The maximum atomic E-state index is 13.5. The number of nitrogens with one attached hydrogen (secondary N) is 1. The van der Waals surface area contributed by atoms with Crippen LogP contribution in [0.5, 0.6) is 0 Å². The molecule has 0 unspecified atom stereocenters. The van der Waals surface area contributed by atoms with Crippen LogP contribution in [0.3, 0.4) is 0 Å². The van der Waals surface area contributed by atoms with Gasteiger partial charge in [0.2, 0.25) is 5.91 Å². The van der Waals surface area contributed by atoms with E-state index >= 15 is 0 Å². The third-order valence-corrected chi connectivity index (χ3v) is 6.45. The number of benzene rings is 1. The standard InChI is InChI=1S/C21H21FN4OS/c22-15-3-1-2-14(12-15)17-6-7-18-20(24-17)28-21(25-18)26-10-8-13(9-11-26)19(27)23-16-4-5-16/h1-3,6-7,12-13,16H,4-5,8-11H2,(H,23,27). The number of anilines is 1. The molecule has 0 spiro atoms. The second-order valence-corrected chi connectivity index (χ2v) is 8.53. The van der Waals surface area contributed by atoms with E-state index in [1.807, 2.05) is 18.2 Å². The molecule has 2 aromatic heterocycles. The monoisotopic (exact) mass is 396 g/mol. The molecule has 7 heteroatoms. The van der Waals surface area contributed by atoms with E-state index < -0.39 is 0 Å². The summed E-state index contributed by atoms with van der Waals surface area (Å²) in [5.41, 5.74) is 2.37. The third-order valence-electron chi connectivity index (χ3n) is 5.42. The molecule has 144 valence electrons. The summed E-state index contributed by atoms with van der Waals surface area (Å²) >= 11 is 1.56. The number of rotatable bonds is 4. The van der Waals surface area contributed by atoms with Crippen LogP contribution in [0, 0.1) is 11.7 Å². The number of nitrogens with zero attached hydrogens (tertiary/aromatic N) is 3. The highest BCUT2D eigenvalue weighted by Gasteiger charge is 2.30. The summed E-state index contributed by atoms with van der Waals surface area (Å²) in [6.45, 7) is 1.67. The number of halogens is 1. The van der Waals surface area contributed by atoms with Gasteiger partial charge in [-0.1, -0.05) is 23.5 Å². The van der Waals surface area contributed by atoms with E-state index in [4.69, 9.17) is 4.98 Å². The number of fused-ring (bicyclic) bond motifs is 1. The van der Waals surface area contributed by atoms with Crippen molar-refractivity contribution in [2.45, 2.75) is 31.7 Å². The molecular formula is C21H21FN4OS. The normalized spacial score (nSPS) is 17.8. The van der Waals surface area contributed by atoms with E-state index in [2.05, 4.69) is 15.2 Å². The Morgan fingerprint density at radius 3 is 2.68 bits per heavy atom. The van der Waals surface area contributed by atoms with Gasteiger partial charge in [0.25, 0.3) is 0 Å². The first-order chi connectivity index (χ1) is 13.7. The molecule has 1 aliphatic heterocycles. The fourth-order valence-electron chi connectivity index (χ4n) is 3.63. The van der Waals surface area contributed by atoms with Gasteiger partial charge in [-0.3, -0.25) is 4.79 Å². The Labute approximate surface area is 166 Å². The van der Waals surface area contributed by atoms with Crippen molar-refractivity contribution < 1.29 is 9.18 Å². The predicted octanol–water partition coefficient (Wildman–Crippen LogP) is 3.99. The van der Waals surface area contributed by atoms with Gasteiger partial charge in [-0.25, -0.2) is 14.4 Å². The number of hydrogen-bond donors (Lipinski definition) is 1. The van der Waals surface area contributed by atoms with Gasteiger partial charge in [0.05, 0.1) is 5.69 Å². The molecule has 1 aliphatic carbocycles. The van der Waals surface area contributed by atoms with Crippen LogP contribution < -0.4 is 10.2 Å². The van der Waals surface area contributed by atoms with Crippen LogP contribution in [0.15, 0.2) is 36.4 Å². The molecule has 28 heavy (non-hydrogen) atoms. The summed E-state index contributed by atoms with van der Waals surface area (Å²) < 4.78 is 13.5. The van der Waals surface area contributed by atoms with Crippen LogP contribution in [0.4, 0.5) is 9.52 Å². The van der Waals surface area contributed by atoms with Crippen molar-refractivity contribution in [3.8, 4) is 11.3 Å². The molecular weight excluding hydrogens is 375 g/mol. The van der Waals surface area contributed by atoms with E-state index in [1.165, 1.54) is 12.1 Å². The molecule has 3 aromatic rings. The van der Waals surface area contributed by atoms with Crippen LogP contribution in [-0.4, -0.2) is 35.0 Å². The Morgan fingerprint density at radius 1 is 1.11 bits per heavy atom.